The van der Waals surface area contributed by atoms with Gasteiger partial charge in [-0.15, -0.1) is 0 Å². The molecule has 2 aliphatic rings. The van der Waals surface area contributed by atoms with E-state index in [2.05, 4.69) is 32.9 Å². The van der Waals surface area contributed by atoms with Gasteiger partial charge in [0.1, 0.15) is 5.75 Å². The Morgan fingerprint density at radius 2 is 1.51 bits per heavy atom. The minimum Gasteiger partial charge on any atom is -0.493 e. The van der Waals surface area contributed by atoms with Crippen molar-refractivity contribution in [3.05, 3.63) is 65.7 Å². The summed E-state index contributed by atoms with van der Waals surface area (Å²) in [6.45, 7) is 9.90. The predicted molar refractivity (Wildman–Crippen MR) is 140 cm³/mol. The standard InChI is InChI=1S/C30H40N2O3/c1-29(2,3)25-15-13-24(14-16-25)28(34)32-20-10-17-30(22-32,23-35-26-11-6-4-7-12-26)21-27(33)31-18-8-5-9-19-31/h4,6-7,11-16H,5,8-10,17-23H2,1-3H3/t30-/m1/s1. The molecule has 0 aromatic heterocycles. The van der Waals surface area contributed by atoms with Crippen LogP contribution in [0.1, 0.15) is 75.2 Å². The fourth-order valence-corrected chi connectivity index (χ4v) is 5.32. The van der Waals surface area contributed by atoms with Gasteiger partial charge in [0.2, 0.25) is 5.91 Å². The Morgan fingerprint density at radius 1 is 0.857 bits per heavy atom. The summed E-state index contributed by atoms with van der Waals surface area (Å²) in [4.78, 5) is 30.8. The van der Waals surface area contributed by atoms with E-state index >= 15 is 0 Å². The molecule has 0 unspecified atom stereocenters. The SMILES string of the molecule is CC(C)(C)c1ccc(C(=O)N2CCC[C@@](COc3ccccc3)(CC(=O)N3CCCCC3)C2)cc1. The highest BCUT2D eigenvalue weighted by Crippen LogP contribution is 2.36. The molecule has 188 valence electrons. The lowest BCUT2D eigenvalue weighted by atomic mass is 9.77. The molecule has 0 radical (unpaired) electrons. The van der Waals surface area contributed by atoms with E-state index in [1.807, 2.05) is 52.3 Å². The van der Waals surface area contributed by atoms with Gasteiger partial charge in [0.05, 0.1) is 6.61 Å². The van der Waals surface area contributed by atoms with E-state index in [0.717, 1.165) is 44.5 Å². The van der Waals surface area contributed by atoms with Gasteiger partial charge in [-0.05, 0) is 67.3 Å². The second-order valence-corrected chi connectivity index (χ2v) is 11.4. The minimum absolute atomic E-state index is 0.0414. The molecule has 2 aromatic carbocycles. The summed E-state index contributed by atoms with van der Waals surface area (Å²) in [6, 6.07) is 17.8. The monoisotopic (exact) mass is 476 g/mol. The molecule has 35 heavy (non-hydrogen) atoms. The number of likely N-dealkylation sites (tertiary alicyclic amines) is 2. The van der Waals surface area contributed by atoms with Crippen molar-refractivity contribution in [2.24, 2.45) is 5.41 Å². The molecule has 0 bridgehead atoms. The summed E-state index contributed by atoms with van der Waals surface area (Å²) < 4.78 is 6.22. The van der Waals surface area contributed by atoms with Gasteiger partial charge in [-0.3, -0.25) is 9.59 Å². The van der Waals surface area contributed by atoms with E-state index in [1.54, 1.807) is 0 Å². The van der Waals surface area contributed by atoms with Crippen LogP contribution in [0, 0.1) is 5.41 Å². The molecule has 0 saturated carbocycles. The van der Waals surface area contributed by atoms with Crippen molar-refractivity contribution in [2.75, 3.05) is 32.8 Å². The minimum atomic E-state index is -0.385. The highest BCUT2D eigenvalue weighted by molar-refractivity contribution is 5.94. The first kappa shape index (κ1) is 25.3. The normalized spacial score (nSPS) is 21.0. The summed E-state index contributed by atoms with van der Waals surface area (Å²) >= 11 is 0. The fraction of sp³-hybridized carbons (Fsp3) is 0.533. The van der Waals surface area contributed by atoms with Gasteiger partial charge in [0.25, 0.3) is 5.91 Å². The Balaban J connectivity index is 1.51. The lowest BCUT2D eigenvalue weighted by molar-refractivity contribution is -0.136. The van der Waals surface area contributed by atoms with E-state index in [0.29, 0.717) is 31.7 Å². The van der Waals surface area contributed by atoms with Crippen LogP contribution in [0.4, 0.5) is 0 Å². The fourth-order valence-electron chi connectivity index (χ4n) is 5.32. The van der Waals surface area contributed by atoms with Gasteiger partial charge < -0.3 is 14.5 Å². The number of piperidine rings is 2. The molecule has 0 aliphatic carbocycles. The number of ether oxygens (including phenoxy) is 1. The maximum atomic E-state index is 13.5. The molecule has 5 heteroatoms. The molecule has 2 heterocycles. The lowest BCUT2D eigenvalue weighted by Gasteiger charge is -2.43. The number of rotatable bonds is 6. The molecular weight excluding hydrogens is 436 g/mol. The summed E-state index contributed by atoms with van der Waals surface area (Å²) in [5.41, 5.74) is 1.58. The molecule has 2 fully saturated rings. The van der Waals surface area contributed by atoms with E-state index in [-0.39, 0.29) is 22.6 Å². The van der Waals surface area contributed by atoms with Gasteiger partial charge in [0.15, 0.2) is 0 Å². The van der Waals surface area contributed by atoms with Crippen LogP contribution in [0.5, 0.6) is 5.75 Å². The molecular formula is C30H40N2O3. The number of hydrogen-bond acceptors (Lipinski definition) is 3. The second kappa shape index (κ2) is 10.8. The third-order valence-electron chi connectivity index (χ3n) is 7.47. The summed E-state index contributed by atoms with van der Waals surface area (Å²) in [5.74, 6) is 1.04. The number of hydrogen-bond donors (Lipinski definition) is 0. The van der Waals surface area contributed by atoms with Crippen LogP contribution >= 0.6 is 0 Å². The smallest absolute Gasteiger partial charge is 0.253 e. The first-order valence-corrected chi connectivity index (χ1v) is 13.1. The van der Waals surface area contributed by atoms with E-state index in [1.165, 1.54) is 12.0 Å². The highest BCUT2D eigenvalue weighted by Gasteiger charge is 2.41. The van der Waals surface area contributed by atoms with Crippen LogP contribution in [0.15, 0.2) is 54.6 Å². The van der Waals surface area contributed by atoms with Crippen LogP contribution in [-0.4, -0.2) is 54.4 Å². The predicted octanol–water partition coefficient (Wildman–Crippen LogP) is 5.69. The molecule has 0 spiro atoms. The first-order chi connectivity index (χ1) is 16.8. The molecule has 0 N–H and O–H groups in total. The topological polar surface area (TPSA) is 49.9 Å². The molecule has 2 aromatic rings. The van der Waals surface area contributed by atoms with Gasteiger partial charge in [-0.25, -0.2) is 0 Å². The molecule has 2 saturated heterocycles. The van der Waals surface area contributed by atoms with Gasteiger partial charge >= 0.3 is 0 Å². The van der Waals surface area contributed by atoms with Gasteiger partial charge in [-0.1, -0.05) is 51.1 Å². The molecule has 1 atom stereocenters. The largest absolute Gasteiger partial charge is 0.493 e. The Bertz CT molecular complexity index is 991. The average molecular weight is 477 g/mol. The zero-order chi connectivity index (χ0) is 24.9. The van der Waals surface area contributed by atoms with Crippen molar-refractivity contribution >= 4 is 11.8 Å². The van der Waals surface area contributed by atoms with Crippen molar-refractivity contribution in [3.8, 4) is 5.75 Å². The number of para-hydroxylation sites is 1. The first-order valence-electron chi connectivity index (χ1n) is 13.1. The van der Waals surface area contributed by atoms with Gasteiger partial charge in [0, 0.05) is 43.6 Å². The summed E-state index contributed by atoms with van der Waals surface area (Å²) in [7, 11) is 0. The summed E-state index contributed by atoms with van der Waals surface area (Å²) in [6.07, 6.45) is 5.53. The Kier molecular flexibility index (Phi) is 7.83. The van der Waals surface area contributed by atoms with E-state index in [4.69, 9.17) is 4.74 Å². The Hall–Kier alpha value is -2.82. The number of amides is 2. The van der Waals surface area contributed by atoms with Crippen molar-refractivity contribution in [2.45, 2.75) is 64.7 Å². The van der Waals surface area contributed by atoms with Crippen molar-refractivity contribution in [1.29, 1.82) is 0 Å². The lowest BCUT2D eigenvalue weighted by Crippen LogP contribution is -2.51. The maximum absolute atomic E-state index is 13.5. The van der Waals surface area contributed by atoms with E-state index < -0.39 is 0 Å². The average Bonchev–Trinajstić information content (AvgIpc) is 2.88. The molecule has 5 nitrogen and oxygen atoms in total. The summed E-state index contributed by atoms with van der Waals surface area (Å²) in [5, 5.41) is 0. The van der Waals surface area contributed by atoms with Crippen LogP contribution in [0.3, 0.4) is 0 Å². The van der Waals surface area contributed by atoms with E-state index in [9.17, 15) is 9.59 Å². The Labute approximate surface area is 210 Å². The number of carbonyl (C=O) groups is 2. The number of carbonyl (C=O) groups excluding carboxylic acids is 2. The maximum Gasteiger partial charge on any atom is 0.253 e. The number of benzene rings is 2. The third-order valence-corrected chi connectivity index (χ3v) is 7.47. The molecule has 2 amide bonds. The zero-order valence-corrected chi connectivity index (χ0v) is 21.6. The zero-order valence-electron chi connectivity index (χ0n) is 21.6. The second-order valence-electron chi connectivity index (χ2n) is 11.4. The van der Waals surface area contributed by atoms with Crippen molar-refractivity contribution < 1.29 is 14.3 Å². The Morgan fingerprint density at radius 3 is 2.17 bits per heavy atom. The van der Waals surface area contributed by atoms with Crippen molar-refractivity contribution in [3.63, 3.8) is 0 Å². The highest BCUT2D eigenvalue weighted by atomic mass is 16.5. The number of nitrogens with zero attached hydrogens (tertiary/aromatic N) is 2. The third kappa shape index (κ3) is 6.45. The quantitative estimate of drug-likeness (QED) is 0.538. The van der Waals surface area contributed by atoms with Crippen LogP contribution < -0.4 is 4.74 Å². The molecule has 4 rings (SSSR count). The van der Waals surface area contributed by atoms with Crippen LogP contribution in [0.25, 0.3) is 0 Å². The van der Waals surface area contributed by atoms with Crippen molar-refractivity contribution in [1.82, 2.24) is 9.80 Å². The molecule has 2 aliphatic heterocycles. The van der Waals surface area contributed by atoms with Gasteiger partial charge in [-0.2, -0.15) is 0 Å². The van der Waals surface area contributed by atoms with Crippen LogP contribution in [0.2, 0.25) is 0 Å². The van der Waals surface area contributed by atoms with Crippen LogP contribution in [-0.2, 0) is 10.2 Å².